The molecular formula is C4H14CaClMgNaO6. The van der Waals surface area contributed by atoms with E-state index in [0.717, 1.165) is 0 Å². The molecule has 0 aromatic heterocycles. The van der Waals surface area contributed by atoms with Gasteiger partial charge in [0.1, 0.15) is 6.10 Å². The molecule has 0 aromatic rings. The first kappa shape index (κ1) is 36.0. The van der Waals surface area contributed by atoms with Crippen molar-refractivity contribution in [3.05, 3.63) is 0 Å². The van der Waals surface area contributed by atoms with Crippen LogP contribution in [0.1, 0.15) is 6.92 Å². The van der Waals surface area contributed by atoms with Crippen molar-refractivity contribution in [3.8, 4) is 0 Å². The number of carbonyl (C=O) groups is 2. The van der Waals surface area contributed by atoms with E-state index in [0.29, 0.717) is 0 Å². The first-order chi connectivity index (χ1) is 4.37. The number of aliphatic hydroxyl groups is 1. The Labute approximate surface area is 155 Å². The number of carboxylic acids is 1. The zero-order valence-electron chi connectivity index (χ0n) is 5.59. The van der Waals surface area contributed by atoms with E-state index >= 15 is 0 Å². The topological polar surface area (TPSA) is 115 Å². The predicted octanol–water partition coefficient (Wildman–Crippen LogP) is -2.38. The van der Waals surface area contributed by atoms with Crippen LogP contribution < -0.4 is 0 Å². The average Bonchev–Trinajstić information content (AvgIpc) is 1.63. The summed E-state index contributed by atoms with van der Waals surface area (Å²) in [5.41, 5.74) is 0. The maximum absolute atomic E-state index is 9.45. The molecule has 0 aliphatic carbocycles. The molecule has 0 saturated heterocycles. The van der Waals surface area contributed by atoms with E-state index < -0.39 is 18.2 Å². The third-order valence-corrected chi connectivity index (χ3v) is 0.357. The Morgan fingerprint density at radius 1 is 1.14 bits per heavy atom. The second-order valence-corrected chi connectivity index (χ2v) is 1.30. The molecule has 0 rings (SSSR count). The fourth-order valence-corrected chi connectivity index (χ4v) is 0. The normalized spacial score (nSPS) is 7.57. The Hall–Kier alpha value is 2.02. The van der Waals surface area contributed by atoms with Crippen LogP contribution in [0.25, 0.3) is 0 Å². The van der Waals surface area contributed by atoms with Gasteiger partial charge in [-0.25, -0.2) is 9.59 Å². The van der Waals surface area contributed by atoms with Crippen molar-refractivity contribution >= 4 is 115 Å². The molecule has 0 spiro atoms. The summed E-state index contributed by atoms with van der Waals surface area (Å²) in [6.45, 7) is 1.20. The molecule has 6 nitrogen and oxygen atoms in total. The van der Waals surface area contributed by atoms with Gasteiger partial charge in [-0.05, 0) is 6.92 Å². The summed E-state index contributed by atoms with van der Waals surface area (Å²) in [5.74, 6) is -1.19. The summed E-state index contributed by atoms with van der Waals surface area (Å²) in [6.07, 6.45) is -3.06. The van der Waals surface area contributed by atoms with Gasteiger partial charge in [0.05, 0.1) is 0 Å². The molecule has 0 aliphatic rings. The number of halogens is 1. The van der Waals surface area contributed by atoms with E-state index in [1.165, 1.54) is 6.92 Å². The molecule has 0 radical (unpaired) electrons. The summed E-state index contributed by atoms with van der Waals surface area (Å²) >= 11 is 0. The van der Waals surface area contributed by atoms with Crippen molar-refractivity contribution in [2.45, 2.75) is 13.0 Å². The van der Waals surface area contributed by atoms with Gasteiger partial charge in [-0.3, -0.25) is 0 Å². The quantitative estimate of drug-likeness (QED) is 0.399. The molecule has 0 heterocycles. The maximum atomic E-state index is 9.45. The monoisotopic (exact) mass is 280 g/mol. The molecule has 0 saturated carbocycles. The van der Waals surface area contributed by atoms with Gasteiger partial charge in [0.15, 0.2) is 0 Å². The summed E-state index contributed by atoms with van der Waals surface area (Å²) in [6, 6.07) is 0. The Balaban J connectivity index is -0.0000000185. The van der Waals surface area contributed by atoms with Gasteiger partial charge in [-0.15, -0.1) is 12.4 Å². The van der Waals surface area contributed by atoms with Crippen LogP contribution >= 0.6 is 12.4 Å². The van der Waals surface area contributed by atoms with Gasteiger partial charge >= 0.3 is 102 Å². The van der Waals surface area contributed by atoms with Crippen LogP contribution in [0.3, 0.4) is 0 Å². The molecule has 0 aliphatic heterocycles. The van der Waals surface area contributed by atoms with E-state index in [9.17, 15) is 4.79 Å². The summed E-state index contributed by atoms with van der Waals surface area (Å²) in [4.78, 5) is 18.0. The zero-order valence-corrected chi connectivity index (χ0v) is 6.41. The molecule has 10 heteroatoms. The van der Waals surface area contributed by atoms with Crippen molar-refractivity contribution in [1.82, 2.24) is 0 Å². The SMILES string of the molecule is CC(O)C(=O)O.Cl.O=C(O)O.[CaH2].[MgH2].[NaH]. The van der Waals surface area contributed by atoms with Crippen LogP contribution in [0, 0.1) is 0 Å². The van der Waals surface area contributed by atoms with Crippen LogP contribution in [0.15, 0.2) is 0 Å². The van der Waals surface area contributed by atoms with Crippen LogP contribution in [-0.4, -0.2) is 129 Å². The van der Waals surface area contributed by atoms with Crippen LogP contribution in [0.2, 0.25) is 0 Å². The number of hydrogen-bond acceptors (Lipinski definition) is 3. The standard InChI is InChI=1S/C3H6O3.CH2O3.Ca.ClH.Mg.Na.5H/c1-2(4)3(5)6;2-1(3)4;;;;;;;;;/h2,4H,1H3,(H,5,6);(H2,2,3,4);;1H;;;;;;;. The molecule has 4 N–H and O–H groups in total. The molecule has 1 atom stereocenters. The Kier molecular flexibility index (Phi) is 62.5. The molecule has 1 unspecified atom stereocenters. The number of aliphatic hydroxyl groups excluding tert-OH is 1. The first-order valence-electron chi connectivity index (χ1n) is 2.20. The van der Waals surface area contributed by atoms with E-state index in [4.69, 9.17) is 25.2 Å². The van der Waals surface area contributed by atoms with Gasteiger partial charge in [0, 0.05) is 0 Å². The van der Waals surface area contributed by atoms with Gasteiger partial charge in [0.25, 0.3) is 0 Å². The van der Waals surface area contributed by atoms with Crippen LogP contribution in [-0.2, 0) is 4.79 Å². The number of rotatable bonds is 1. The molecule has 0 aromatic carbocycles. The van der Waals surface area contributed by atoms with Crippen molar-refractivity contribution in [1.29, 1.82) is 0 Å². The zero-order chi connectivity index (χ0) is 8.73. The first-order valence-corrected chi connectivity index (χ1v) is 2.20. The van der Waals surface area contributed by atoms with Crippen LogP contribution in [0.4, 0.5) is 4.79 Å². The molecule has 0 amide bonds. The minimum absolute atomic E-state index is 0. The molecular weight excluding hydrogens is 267 g/mol. The third kappa shape index (κ3) is 65.6. The second kappa shape index (κ2) is 24.3. The predicted molar refractivity (Wildman–Crippen MR) is 61.5 cm³/mol. The fraction of sp³-hybridized carbons (Fsp3) is 0.500. The molecule has 0 fully saturated rings. The fourth-order valence-electron chi connectivity index (χ4n) is 0. The average molecular weight is 281 g/mol. The van der Waals surface area contributed by atoms with Crippen molar-refractivity contribution in [2.24, 2.45) is 0 Å². The van der Waals surface area contributed by atoms with E-state index in [-0.39, 0.29) is 103 Å². The number of aliphatic carboxylic acids is 1. The number of carboxylic acid groups (broad SMARTS) is 3. The van der Waals surface area contributed by atoms with Gasteiger partial charge < -0.3 is 20.4 Å². The molecule has 78 valence electrons. The van der Waals surface area contributed by atoms with Crippen LogP contribution in [0.5, 0.6) is 0 Å². The Morgan fingerprint density at radius 3 is 1.21 bits per heavy atom. The second-order valence-electron chi connectivity index (χ2n) is 1.30. The van der Waals surface area contributed by atoms with Crippen molar-refractivity contribution in [2.75, 3.05) is 0 Å². The Bertz CT molecular complexity index is 133. The number of hydrogen-bond donors (Lipinski definition) is 4. The van der Waals surface area contributed by atoms with Gasteiger partial charge in [-0.1, -0.05) is 0 Å². The Morgan fingerprint density at radius 2 is 1.21 bits per heavy atom. The van der Waals surface area contributed by atoms with Crippen molar-refractivity contribution in [3.63, 3.8) is 0 Å². The third-order valence-electron chi connectivity index (χ3n) is 0.357. The molecule has 14 heavy (non-hydrogen) atoms. The van der Waals surface area contributed by atoms with E-state index in [1.54, 1.807) is 0 Å². The summed E-state index contributed by atoms with van der Waals surface area (Å²) in [7, 11) is 0. The molecule has 0 bridgehead atoms. The summed E-state index contributed by atoms with van der Waals surface area (Å²) in [5, 5.41) is 29.7. The van der Waals surface area contributed by atoms with Gasteiger partial charge in [0.2, 0.25) is 0 Å². The van der Waals surface area contributed by atoms with E-state index in [1.807, 2.05) is 0 Å². The summed E-state index contributed by atoms with van der Waals surface area (Å²) < 4.78 is 0. The minimum atomic E-state index is -1.83. The van der Waals surface area contributed by atoms with E-state index in [2.05, 4.69) is 0 Å². The van der Waals surface area contributed by atoms with Crippen molar-refractivity contribution < 1.29 is 30.0 Å². The van der Waals surface area contributed by atoms with Gasteiger partial charge in [-0.2, -0.15) is 0 Å².